The van der Waals surface area contributed by atoms with Gasteiger partial charge in [-0.15, -0.1) is 0 Å². The molecule has 0 aromatic heterocycles. The number of aliphatic hydroxyl groups excluding tert-OH is 1. The molecule has 4 heteroatoms. The van der Waals surface area contributed by atoms with Crippen LogP contribution in [0, 0.1) is 0 Å². The van der Waals surface area contributed by atoms with Crippen molar-refractivity contribution in [3.63, 3.8) is 0 Å². The lowest BCUT2D eigenvalue weighted by Crippen LogP contribution is -2.50. The number of likely N-dealkylation sites (tertiary alicyclic amines) is 1. The van der Waals surface area contributed by atoms with Crippen molar-refractivity contribution in [2.75, 3.05) is 19.6 Å². The molecule has 2 saturated heterocycles. The number of rotatable bonds is 5. The van der Waals surface area contributed by atoms with E-state index in [9.17, 15) is 5.11 Å². The molecular weight excluding hydrogens is 252 g/mol. The molecule has 2 aliphatic heterocycles. The Morgan fingerprint density at radius 1 is 1.20 bits per heavy atom. The number of fused-ring (bicyclic) bond motifs is 2. The van der Waals surface area contributed by atoms with Crippen LogP contribution in [-0.2, 0) is 11.2 Å². The second-order valence-corrected chi connectivity index (χ2v) is 6.10. The van der Waals surface area contributed by atoms with Gasteiger partial charge in [0.1, 0.15) is 0 Å². The molecule has 3 N–H and O–H groups in total. The van der Waals surface area contributed by atoms with Crippen molar-refractivity contribution >= 4 is 0 Å². The van der Waals surface area contributed by atoms with Gasteiger partial charge >= 0.3 is 0 Å². The molecule has 2 aliphatic rings. The Labute approximate surface area is 120 Å². The lowest BCUT2D eigenvalue weighted by Gasteiger charge is -2.34. The maximum atomic E-state index is 10.3. The number of nitrogens with zero attached hydrogens (tertiary/aromatic N) is 1. The largest absolute Gasteiger partial charge is 0.390 e. The van der Waals surface area contributed by atoms with Crippen molar-refractivity contribution < 1.29 is 9.84 Å². The van der Waals surface area contributed by atoms with Crippen LogP contribution >= 0.6 is 0 Å². The van der Waals surface area contributed by atoms with Gasteiger partial charge in [-0.2, -0.15) is 0 Å². The topological polar surface area (TPSA) is 58.7 Å². The Kier molecular flexibility index (Phi) is 4.36. The van der Waals surface area contributed by atoms with Crippen molar-refractivity contribution in [1.29, 1.82) is 0 Å². The summed E-state index contributed by atoms with van der Waals surface area (Å²) in [5, 5.41) is 10.3. The summed E-state index contributed by atoms with van der Waals surface area (Å²) in [6.45, 7) is 2.53. The van der Waals surface area contributed by atoms with Crippen LogP contribution in [0.3, 0.4) is 0 Å². The van der Waals surface area contributed by atoms with Crippen molar-refractivity contribution in [2.24, 2.45) is 5.73 Å². The summed E-state index contributed by atoms with van der Waals surface area (Å²) < 4.78 is 5.81. The fraction of sp³-hybridized carbons (Fsp3) is 0.625. The van der Waals surface area contributed by atoms with Crippen molar-refractivity contribution in [3.8, 4) is 0 Å². The van der Waals surface area contributed by atoms with Crippen molar-refractivity contribution in [3.05, 3.63) is 35.9 Å². The van der Waals surface area contributed by atoms with Crippen LogP contribution in [0.1, 0.15) is 18.4 Å². The molecule has 2 fully saturated rings. The van der Waals surface area contributed by atoms with Gasteiger partial charge in [0.2, 0.25) is 0 Å². The summed E-state index contributed by atoms with van der Waals surface area (Å²) in [6.07, 6.45) is 3.30. The Morgan fingerprint density at radius 2 is 1.85 bits per heavy atom. The quantitative estimate of drug-likeness (QED) is 0.834. The standard InChI is InChI=1S/C16H24N2O2/c17-15(8-12-4-2-1-3-5-12)16(19)11-18-9-13-6-7-14(10-18)20-13/h1-5,13-16,19H,6-11,17H2. The zero-order valence-corrected chi connectivity index (χ0v) is 11.8. The molecule has 4 atom stereocenters. The summed E-state index contributed by atoms with van der Waals surface area (Å²) in [5.74, 6) is 0. The van der Waals surface area contributed by atoms with Gasteiger partial charge in [-0.1, -0.05) is 30.3 Å². The average Bonchev–Trinajstić information content (AvgIpc) is 2.79. The lowest BCUT2D eigenvalue weighted by atomic mass is 10.0. The van der Waals surface area contributed by atoms with Crippen LogP contribution in [0.2, 0.25) is 0 Å². The van der Waals surface area contributed by atoms with E-state index in [4.69, 9.17) is 10.5 Å². The van der Waals surface area contributed by atoms with Gasteiger partial charge in [-0.05, 0) is 24.8 Å². The molecule has 3 rings (SSSR count). The van der Waals surface area contributed by atoms with E-state index in [-0.39, 0.29) is 6.04 Å². The third-order valence-electron chi connectivity index (χ3n) is 4.37. The molecule has 1 aromatic rings. The molecule has 1 aromatic carbocycles. The maximum absolute atomic E-state index is 10.3. The highest BCUT2D eigenvalue weighted by molar-refractivity contribution is 5.16. The van der Waals surface area contributed by atoms with Crippen LogP contribution in [0.25, 0.3) is 0 Å². The molecule has 0 radical (unpaired) electrons. The third-order valence-corrected chi connectivity index (χ3v) is 4.37. The molecule has 4 unspecified atom stereocenters. The van der Waals surface area contributed by atoms with Gasteiger partial charge in [0, 0.05) is 25.7 Å². The van der Waals surface area contributed by atoms with Gasteiger partial charge in [-0.3, -0.25) is 4.90 Å². The van der Waals surface area contributed by atoms with E-state index < -0.39 is 6.10 Å². The van der Waals surface area contributed by atoms with E-state index in [1.165, 1.54) is 5.56 Å². The summed E-state index contributed by atoms with van der Waals surface area (Å²) in [5.41, 5.74) is 7.32. The lowest BCUT2D eigenvalue weighted by molar-refractivity contribution is -0.0514. The van der Waals surface area contributed by atoms with E-state index >= 15 is 0 Å². The highest BCUT2D eigenvalue weighted by Crippen LogP contribution is 2.26. The zero-order valence-electron chi connectivity index (χ0n) is 11.8. The predicted octanol–water partition coefficient (Wildman–Crippen LogP) is 0.780. The first-order valence-electron chi connectivity index (χ1n) is 7.56. The second kappa shape index (κ2) is 6.22. The smallest absolute Gasteiger partial charge is 0.0821 e. The van der Waals surface area contributed by atoms with Gasteiger partial charge in [0.25, 0.3) is 0 Å². The first-order chi connectivity index (χ1) is 9.70. The number of benzene rings is 1. The Hall–Kier alpha value is -0.940. The number of aliphatic hydroxyl groups is 1. The number of hydrogen-bond donors (Lipinski definition) is 2. The first kappa shape index (κ1) is 14.0. The van der Waals surface area contributed by atoms with Crippen molar-refractivity contribution in [1.82, 2.24) is 4.90 Å². The monoisotopic (exact) mass is 276 g/mol. The van der Waals surface area contributed by atoms with Crippen LogP contribution in [0.4, 0.5) is 0 Å². The van der Waals surface area contributed by atoms with Crippen LogP contribution in [0.5, 0.6) is 0 Å². The van der Waals surface area contributed by atoms with Gasteiger partial charge in [0.05, 0.1) is 18.3 Å². The fourth-order valence-electron chi connectivity index (χ4n) is 3.27. The van der Waals surface area contributed by atoms with E-state index in [1.807, 2.05) is 18.2 Å². The third kappa shape index (κ3) is 3.38. The Balaban J connectivity index is 1.50. The van der Waals surface area contributed by atoms with Crippen LogP contribution in [-0.4, -0.2) is 54.0 Å². The van der Waals surface area contributed by atoms with Gasteiger partial charge in [0.15, 0.2) is 0 Å². The molecule has 0 amide bonds. The minimum Gasteiger partial charge on any atom is -0.390 e. The predicted molar refractivity (Wildman–Crippen MR) is 78.5 cm³/mol. The normalized spacial score (nSPS) is 29.3. The highest BCUT2D eigenvalue weighted by atomic mass is 16.5. The molecule has 2 heterocycles. The van der Waals surface area contributed by atoms with Crippen molar-refractivity contribution in [2.45, 2.75) is 43.6 Å². The number of hydrogen-bond acceptors (Lipinski definition) is 4. The molecule has 110 valence electrons. The van der Waals surface area contributed by atoms with Gasteiger partial charge in [-0.25, -0.2) is 0 Å². The molecular formula is C16H24N2O2. The number of β-amino-alcohol motifs (C(OH)–C–C–N with tert-alkyl or cyclic N) is 1. The minimum absolute atomic E-state index is 0.210. The van der Waals surface area contributed by atoms with Crippen LogP contribution < -0.4 is 5.73 Å². The summed E-state index contributed by atoms with van der Waals surface area (Å²) in [6, 6.07) is 9.91. The van der Waals surface area contributed by atoms with E-state index in [0.717, 1.165) is 32.4 Å². The maximum Gasteiger partial charge on any atom is 0.0821 e. The Bertz CT molecular complexity index is 414. The SMILES string of the molecule is NC(Cc1ccccc1)C(O)CN1CC2CCC(C1)O2. The number of ether oxygens (including phenoxy) is 1. The van der Waals surface area contributed by atoms with E-state index in [1.54, 1.807) is 0 Å². The first-order valence-corrected chi connectivity index (χ1v) is 7.56. The molecule has 0 saturated carbocycles. The van der Waals surface area contributed by atoms with Gasteiger partial charge < -0.3 is 15.6 Å². The highest BCUT2D eigenvalue weighted by Gasteiger charge is 2.34. The molecule has 2 bridgehead atoms. The molecule has 0 aliphatic carbocycles. The van der Waals surface area contributed by atoms with E-state index in [0.29, 0.717) is 18.8 Å². The summed E-state index contributed by atoms with van der Waals surface area (Å²) in [7, 11) is 0. The number of morpholine rings is 1. The summed E-state index contributed by atoms with van der Waals surface area (Å²) >= 11 is 0. The molecule has 0 spiro atoms. The zero-order chi connectivity index (χ0) is 13.9. The van der Waals surface area contributed by atoms with E-state index in [2.05, 4.69) is 17.0 Å². The second-order valence-electron chi connectivity index (χ2n) is 6.10. The fourth-order valence-corrected chi connectivity index (χ4v) is 3.27. The minimum atomic E-state index is -0.479. The van der Waals surface area contributed by atoms with Crippen LogP contribution in [0.15, 0.2) is 30.3 Å². The summed E-state index contributed by atoms with van der Waals surface area (Å²) in [4.78, 5) is 2.31. The average molecular weight is 276 g/mol. The number of nitrogens with two attached hydrogens (primary N) is 1. The Morgan fingerprint density at radius 3 is 2.50 bits per heavy atom. The molecule has 20 heavy (non-hydrogen) atoms. The molecule has 4 nitrogen and oxygen atoms in total.